The van der Waals surface area contributed by atoms with E-state index in [1.54, 1.807) is 14.2 Å². The van der Waals surface area contributed by atoms with Crippen LogP contribution in [-0.2, 0) is 11.2 Å². The van der Waals surface area contributed by atoms with Gasteiger partial charge in [-0.15, -0.1) is 0 Å². The number of carbonyl (C=O) groups excluding carboxylic acids is 1. The van der Waals surface area contributed by atoms with E-state index in [-0.39, 0.29) is 5.91 Å². The van der Waals surface area contributed by atoms with Gasteiger partial charge in [0.15, 0.2) is 17.6 Å². The fourth-order valence-corrected chi connectivity index (χ4v) is 2.76. The molecule has 2 aromatic carbocycles. The summed E-state index contributed by atoms with van der Waals surface area (Å²) in [4.78, 5) is 12.4. The number of nitrogens with one attached hydrogen (secondary N) is 1. The maximum absolute atomic E-state index is 12.4. The molecule has 0 aromatic heterocycles. The third kappa shape index (κ3) is 6.20. The van der Waals surface area contributed by atoms with Crippen molar-refractivity contribution >= 4 is 5.91 Å². The molecule has 0 radical (unpaired) electrons. The molecule has 146 valence electrons. The SMILES string of the molecule is CCC(Oc1ccc(C)cc1)C(=O)NCCCc1ccc(OC)c(OC)c1. The molecule has 1 amide bonds. The Morgan fingerprint density at radius 1 is 1.04 bits per heavy atom. The van der Waals surface area contributed by atoms with Gasteiger partial charge in [-0.25, -0.2) is 0 Å². The predicted octanol–water partition coefficient (Wildman–Crippen LogP) is 3.92. The Bertz CT molecular complexity index is 728. The van der Waals surface area contributed by atoms with Crippen LogP contribution in [0.4, 0.5) is 0 Å². The third-order valence-corrected chi connectivity index (χ3v) is 4.35. The summed E-state index contributed by atoms with van der Waals surface area (Å²) in [6, 6.07) is 13.6. The molecule has 0 aliphatic heterocycles. The first-order chi connectivity index (χ1) is 13.1. The second kappa shape index (κ2) is 10.5. The van der Waals surface area contributed by atoms with E-state index in [9.17, 15) is 4.79 Å². The van der Waals surface area contributed by atoms with Gasteiger partial charge in [0.25, 0.3) is 5.91 Å². The quantitative estimate of drug-likeness (QED) is 0.643. The average Bonchev–Trinajstić information content (AvgIpc) is 2.70. The number of methoxy groups -OCH3 is 2. The zero-order valence-corrected chi connectivity index (χ0v) is 16.6. The van der Waals surface area contributed by atoms with Crippen LogP contribution in [0.25, 0.3) is 0 Å². The highest BCUT2D eigenvalue weighted by Gasteiger charge is 2.17. The third-order valence-electron chi connectivity index (χ3n) is 4.35. The lowest BCUT2D eigenvalue weighted by molar-refractivity contribution is -0.128. The van der Waals surface area contributed by atoms with Crippen molar-refractivity contribution in [1.29, 1.82) is 0 Å². The fraction of sp³-hybridized carbons (Fsp3) is 0.409. The Labute approximate surface area is 161 Å². The molecule has 27 heavy (non-hydrogen) atoms. The Hall–Kier alpha value is -2.69. The van der Waals surface area contributed by atoms with Crippen LogP contribution < -0.4 is 19.5 Å². The molecule has 0 bridgehead atoms. The number of hydrogen-bond acceptors (Lipinski definition) is 4. The normalized spacial score (nSPS) is 11.6. The van der Waals surface area contributed by atoms with Crippen molar-refractivity contribution in [3.63, 3.8) is 0 Å². The van der Waals surface area contributed by atoms with Crippen LogP contribution in [0.5, 0.6) is 17.2 Å². The fourth-order valence-electron chi connectivity index (χ4n) is 2.76. The summed E-state index contributed by atoms with van der Waals surface area (Å²) in [5.41, 5.74) is 2.31. The number of benzene rings is 2. The molecule has 0 spiro atoms. The maximum Gasteiger partial charge on any atom is 0.261 e. The minimum Gasteiger partial charge on any atom is -0.493 e. The van der Waals surface area contributed by atoms with Crippen molar-refractivity contribution in [2.75, 3.05) is 20.8 Å². The van der Waals surface area contributed by atoms with Crippen molar-refractivity contribution in [2.24, 2.45) is 0 Å². The Kier molecular flexibility index (Phi) is 7.99. The summed E-state index contributed by atoms with van der Waals surface area (Å²) in [7, 11) is 3.25. The van der Waals surface area contributed by atoms with Gasteiger partial charge in [-0.1, -0.05) is 30.7 Å². The molecule has 0 heterocycles. The number of rotatable bonds is 10. The molecule has 1 atom stereocenters. The van der Waals surface area contributed by atoms with Crippen molar-refractivity contribution < 1.29 is 19.0 Å². The number of carbonyl (C=O) groups is 1. The highest BCUT2D eigenvalue weighted by Crippen LogP contribution is 2.27. The lowest BCUT2D eigenvalue weighted by Crippen LogP contribution is -2.38. The number of ether oxygens (including phenoxy) is 3. The molecule has 2 rings (SSSR count). The van der Waals surface area contributed by atoms with E-state index in [2.05, 4.69) is 5.32 Å². The zero-order chi connectivity index (χ0) is 19.6. The highest BCUT2D eigenvalue weighted by molar-refractivity contribution is 5.81. The van der Waals surface area contributed by atoms with Crippen LogP contribution in [-0.4, -0.2) is 32.8 Å². The highest BCUT2D eigenvalue weighted by atomic mass is 16.5. The molecule has 0 saturated heterocycles. The molecule has 0 aliphatic rings. The van der Waals surface area contributed by atoms with Gasteiger partial charge in [-0.2, -0.15) is 0 Å². The van der Waals surface area contributed by atoms with Gasteiger partial charge in [0.1, 0.15) is 5.75 Å². The van der Waals surface area contributed by atoms with Crippen molar-refractivity contribution in [1.82, 2.24) is 5.32 Å². The Morgan fingerprint density at radius 2 is 1.74 bits per heavy atom. The molecular formula is C22H29NO4. The molecule has 1 N–H and O–H groups in total. The molecule has 5 heteroatoms. The smallest absolute Gasteiger partial charge is 0.261 e. The first-order valence-electron chi connectivity index (χ1n) is 9.29. The first-order valence-corrected chi connectivity index (χ1v) is 9.29. The lowest BCUT2D eigenvalue weighted by Gasteiger charge is -2.17. The van der Waals surface area contributed by atoms with E-state index in [4.69, 9.17) is 14.2 Å². The van der Waals surface area contributed by atoms with Crippen molar-refractivity contribution in [3.05, 3.63) is 53.6 Å². The van der Waals surface area contributed by atoms with E-state index in [1.165, 1.54) is 0 Å². The predicted molar refractivity (Wildman–Crippen MR) is 107 cm³/mol. The Morgan fingerprint density at radius 3 is 2.37 bits per heavy atom. The van der Waals surface area contributed by atoms with Gasteiger partial charge in [0.2, 0.25) is 0 Å². The molecule has 1 unspecified atom stereocenters. The monoisotopic (exact) mass is 371 g/mol. The van der Waals surface area contributed by atoms with E-state index < -0.39 is 6.10 Å². The van der Waals surface area contributed by atoms with Gasteiger partial charge < -0.3 is 19.5 Å². The summed E-state index contributed by atoms with van der Waals surface area (Å²) in [6.45, 7) is 4.56. The van der Waals surface area contributed by atoms with Gasteiger partial charge in [-0.3, -0.25) is 4.79 Å². The summed E-state index contributed by atoms with van der Waals surface area (Å²) < 4.78 is 16.4. The topological polar surface area (TPSA) is 56.8 Å². The molecular weight excluding hydrogens is 342 g/mol. The van der Waals surface area contributed by atoms with Crippen molar-refractivity contribution in [2.45, 2.75) is 39.2 Å². The second-order valence-corrected chi connectivity index (χ2v) is 6.41. The average molecular weight is 371 g/mol. The molecule has 0 fully saturated rings. The van der Waals surface area contributed by atoms with Crippen LogP contribution in [0.15, 0.2) is 42.5 Å². The first kappa shape index (κ1) is 20.6. The summed E-state index contributed by atoms with van der Waals surface area (Å²) in [6.07, 6.45) is 1.82. The van der Waals surface area contributed by atoms with Gasteiger partial charge >= 0.3 is 0 Å². The zero-order valence-electron chi connectivity index (χ0n) is 16.6. The largest absolute Gasteiger partial charge is 0.493 e. The molecule has 0 aliphatic carbocycles. The standard InChI is InChI=1S/C22H29NO4/c1-5-19(27-18-11-8-16(2)9-12-18)22(24)23-14-6-7-17-10-13-20(25-3)21(15-17)26-4/h8-13,15,19H,5-7,14H2,1-4H3,(H,23,24). The molecule has 2 aromatic rings. The molecule has 5 nitrogen and oxygen atoms in total. The summed E-state index contributed by atoms with van der Waals surface area (Å²) in [5, 5.41) is 2.97. The molecule has 0 saturated carbocycles. The van der Waals surface area contributed by atoms with Gasteiger partial charge in [0.05, 0.1) is 14.2 Å². The second-order valence-electron chi connectivity index (χ2n) is 6.41. The summed E-state index contributed by atoms with van der Waals surface area (Å²) in [5.74, 6) is 2.07. The van der Waals surface area contributed by atoms with Crippen LogP contribution >= 0.6 is 0 Å². The van der Waals surface area contributed by atoms with E-state index in [1.807, 2.05) is 56.3 Å². The Balaban J connectivity index is 1.79. The van der Waals surface area contributed by atoms with E-state index >= 15 is 0 Å². The minimum absolute atomic E-state index is 0.0783. The maximum atomic E-state index is 12.4. The number of aryl methyl sites for hydroxylation is 2. The van der Waals surface area contributed by atoms with Crippen LogP contribution in [0.3, 0.4) is 0 Å². The van der Waals surface area contributed by atoms with Gasteiger partial charge in [0, 0.05) is 6.54 Å². The van der Waals surface area contributed by atoms with Crippen LogP contribution in [0.2, 0.25) is 0 Å². The number of amides is 1. The van der Waals surface area contributed by atoms with Crippen LogP contribution in [0, 0.1) is 6.92 Å². The van der Waals surface area contributed by atoms with E-state index in [0.717, 1.165) is 29.7 Å². The van der Waals surface area contributed by atoms with Crippen molar-refractivity contribution in [3.8, 4) is 17.2 Å². The van der Waals surface area contributed by atoms with E-state index in [0.29, 0.717) is 24.5 Å². The minimum atomic E-state index is -0.478. The van der Waals surface area contributed by atoms with Gasteiger partial charge in [-0.05, 0) is 56.0 Å². The summed E-state index contributed by atoms with van der Waals surface area (Å²) >= 11 is 0. The number of hydrogen-bond donors (Lipinski definition) is 1. The van der Waals surface area contributed by atoms with Crippen LogP contribution in [0.1, 0.15) is 30.9 Å². The lowest BCUT2D eigenvalue weighted by atomic mass is 10.1.